The second-order valence-corrected chi connectivity index (χ2v) is 6.80. The van der Waals surface area contributed by atoms with Crippen LogP contribution in [0.25, 0.3) is 5.69 Å². The maximum absolute atomic E-state index is 12.2. The molecule has 0 radical (unpaired) electrons. The molecule has 2 aromatic carbocycles. The Kier molecular flexibility index (Phi) is 5.21. The van der Waals surface area contributed by atoms with E-state index in [-0.39, 0.29) is 22.0 Å². The molecule has 0 aliphatic carbocycles. The van der Waals surface area contributed by atoms with Gasteiger partial charge in [0.25, 0.3) is 5.91 Å². The summed E-state index contributed by atoms with van der Waals surface area (Å²) in [6.45, 7) is 1.72. The van der Waals surface area contributed by atoms with Crippen molar-refractivity contribution in [2.45, 2.75) is 6.92 Å². The van der Waals surface area contributed by atoms with E-state index in [9.17, 15) is 14.7 Å². The van der Waals surface area contributed by atoms with E-state index in [1.165, 1.54) is 0 Å². The van der Waals surface area contributed by atoms with Gasteiger partial charge in [-0.25, -0.2) is 4.79 Å². The van der Waals surface area contributed by atoms with Crippen LogP contribution in [0.1, 0.15) is 20.9 Å². The van der Waals surface area contributed by atoms with Gasteiger partial charge in [0.1, 0.15) is 4.88 Å². The number of rotatable bonds is 3. The van der Waals surface area contributed by atoms with E-state index >= 15 is 0 Å². The molecule has 1 aromatic heterocycles. The highest BCUT2D eigenvalue weighted by atomic mass is 32.1. The summed E-state index contributed by atoms with van der Waals surface area (Å²) in [7, 11) is 0. The first-order valence-corrected chi connectivity index (χ1v) is 8.91. The van der Waals surface area contributed by atoms with E-state index in [0.29, 0.717) is 21.7 Å². The molecule has 3 aromatic rings. The van der Waals surface area contributed by atoms with Gasteiger partial charge in [0.05, 0.1) is 5.69 Å². The van der Waals surface area contributed by atoms with E-state index in [4.69, 9.17) is 0 Å². The highest BCUT2D eigenvalue weighted by molar-refractivity contribution is 7.11. The van der Waals surface area contributed by atoms with Gasteiger partial charge in [-0.3, -0.25) is 9.36 Å². The predicted molar refractivity (Wildman–Crippen MR) is 106 cm³/mol. The zero-order valence-corrected chi connectivity index (χ0v) is 15.5. The van der Waals surface area contributed by atoms with Crippen molar-refractivity contribution < 1.29 is 20.2 Å². The summed E-state index contributed by atoms with van der Waals surface area (Å²) in [6, 6.07) is 16.5. The van der Waals surface area contributed by atoms with Crippen molar-refractivity contribution >= 4 is 34.6 Å². The molecule has 8 nitrogen and oxygen atoms in total. The lowest BCUT2D eigenvalue weighted by atomic mass is 10.1. The molecule has 9 heteroatoms. The molecule has 1 amide bonds. The molecule has 4 rings (SSSR count). The summed E-state index contributed by atoms with van der Waals surface area (Å²) in [6.07, 6.45) is 0. The Labute approximate surface area is 163 Å². The quantitative estimate of drug-likeness (QED) is 0.657. The van der Waals surface area contributed by atoms with Crippen molar-refractivity contribution in [2.24, 2.45) is 10.2 Å². The second-order valence-electron chi connectivity index (χ2n) is 5.82. The Balaban J connectivity index is 0.00000225. The Morgan fingerprint density at radius 2 is 1.75 bits per heavy atom. The lowest BCUT2D eigenvalue weighted by molar-refractivity contribution is -0.110. The van der Waals surface area contributed by atoms with Crippen LogP contribution in [0.2, 0.25) is 0 Å². The van der Waals surface area contributed by atoms with Crippen molar-refractivity contribution in [3.8, 4) is 5.69 Å². The standard InChI is InChI=1S/C19H14N4O3S.H2O/c1-11-16(18(25)26)27-19(23(11)12-7-3-2-4-8-12)22-21-15-13-9-5-6-10-14(13)20-17(15)24;/h2-10H,1H3,(H,25,26)(H,20,21,24);1H2/b22-19-;. The molecule has 2 heterocycles. The summed E-state index contributed by atoms with van der Waals surface area (Å²) in [5.41, 5.74) is 2.88. The molecule has 0 fully saturated rings. The van der Waals surface area contributed by atoms with Crippen LogP contribution in [0.5, 0.6) is 0 Å². The first kappa shape index (κ1) is 19.2. The largest absolute Gasteiger partial charge is 0.477 e. The van der Waals surface area contributed by atoms with E-state index in [0.717, 1.165) is 17.0 Å². The molecule has 28 heavy (non-hydrogen) atoms. The third kappa shape index (κ3) is 3.24. The van der Waals surface area contributed by atoms with Gasteiger partial charge in [0.15, 0.2) is 5.71 Å². The van der Waals surface area contributed by atoms with Gasteiger partial charge in [-0.05, 0) is 25.1 Å². The minimum absolute atomic E-state index is 0. The molecule has 0 bridgehead atoms. The normalized spacial score (nSPS) is 14.5. The van der Waals surface area contributed by atoms with Crippen LogP contribution < -0.4 is 10.1 Å². The first-order chi connectivity index (χ1) is 13.1. The number of carboxylic acid groups (broad SMARTS) is 1. The maximum Gasteiger partial charge on any atom is 0.347 e. The number of carbonyl (C=O) groups is 2. The van der Waals surface area contributed by atoms with E-state index in [1.807, 2.05) is 42.5 Å². The predicted octanol–water partition coefficient (Wildman–Crippen LogP) is 1.98. The Bertz CT molecular complexity index is 1160. The second kappa shape index (κ2) is 7.59. The SMILES string of the molecule is Cc1c(C(=O)O)s/c(=N\N=C2/C(=O)Nc3ccccc32)n1-c1ccccc1.O. The third-order valence-corrected chi connectivity index (χ3v) is 5.26. The Morgan fingerprint density at radius 3 is 2.46 bits per heavy atom. The summed E-state index contributed by atoms with van der Waals surface area (Å²) in [5, 5.41) is 20.6. The Hall–Kier alpha value is -3.56. The van der Waals surface area contributed by atoms with Crippen molar-refractivity contribution in [3.05, 3.63) is 75.5 Å². The van der Waals surface area contributed by atoms with Crippen molar-refractivity contribution in [3.63, 3.8) is 0 Å². The van der Waals surface area contributed by atoms with Gasteiger partial charge in [0, 0.05) is 16.9 Å². The van der Waals surface area contributed by atoms with Gasteiger partial charge in [-0.2, -0.15) is 0 Å². The van der Waals surface area contributed by atoms with Gasteiger partial charge in [-0.15, -0.1) is 10.2 Å². The molecule has 0 spiro atoms. The van der Waals surface area contributed by atoms with Crippen LogP contribution in [-0.4, -0.2) is 32.7 Å². The Morgan fingerprint density at radius 1 is 1.07 bits per heavy atom. The fourth-order valence-electron chi connectivity index (χ4n) is 2.89. The number of benzene rings is 2. The average molecular weight is 396 g/mol. The molecule has 1 aliphatic rings. The molecule has 0 atom stereocenters. The minimum Gasteiger partial charge on any atom is -0.477 e. The lowest BCUT2D eigenvalue weighted by Gasteiger charge is -2.05. The van der Waals surface area contributed by atoms with E-state index in [1.54, 1.807) is 23.6 Å². The number of nitrogens with zero attached hydrogens (tertiary/aromatic N) is 3. The zero-order valence-electron chi connectivity index (χ0n) is 14.7. The van der Waals surface area contributed by atoms with Crippen molar-refractivity contribution in [1.82, 2.24) is 4.57 Å². The zero-order chi connectivity index (χ0) is 19.0. The van der Waals surface area contributed by atoms with Crippen molar-refractivity contribution in [2.75, 3.05) is 5.32 Å². The smallest absolute Gasteiger partial charge is 0.347 e. The highest BCUT2D eigenvalue weighted by Gasteiger charge is 2.25. The van der Waals surface area contributed by atoms with Crippen LogP contribution in [0.3, 0.4) is 0 Å². The fraction of sp³-hybridized carbons (Fsp3) is 0.0526. The molecule has 0 saturated heterocycles. The number of carbonyl (C=O) groups excluding carboxylic acids is 1. The highest BCUT2D eigenvalue weighted by Crippen LogP contribution is 2.23. The number of para-hydroxylation sites is 2. The van der Waals surface area contributed by atoms with Crippen LogP contribution in [0.15, 0.2) is 64.8 Å². The molecule has 1 aliphatic heterocycles. The molecule has 142 valence electrons. The summed E-state index contributed by atoms with van der Waals surface area (Å²) >= 11 is 1.01. The molecular weight excluding hydrogens is 380 g/mol. The van der Waals surface area contributed by atoms with Gasteiger partial charge >= 0.3 is 5.97 Å². The maximum atomic E-state index is 12.2. The molecular formula is C19H16N4O4S. The van der Waals surface area contributed by atoms with Gasteiger partial charge in [-0.1, -0.05) is 47.7 Å². The number of aromatic nitrogens is 1. The van der Waals surface area contributed by atoms with Crippen molar-refractivity contribution in [1.29, 1.82) is 0 Å². The van der Waals surface area contributed by atoms with Crippen LogP contribution in [-0.2, 0) is 4.79 Å². The number of carboxylic acids is 1. The van der Waals surface area contributed by atoms with Crippen LogP contribution in [0.4, 0.5) is 5.69 Å². The lowest BCUT2D eigenvalue weighted by Crippen LogP contribution is -2.16. The average Bonchev–Trinajstić information content (AvgIpc) is 3.17. The summed E-state index contributed by atoms with van der Waals surface area (Å²) in [5.74, 6) is -1.36. The van der Waals surface area contributed by atoms with E-state index in [2.05, 4.69) is 15.5 Å². The number of fused-ring (bicyclic) bond motifs is 1. The number of anilines is 1. The van der Waals surface area contributed by atoms with E-state index < -0.39 is 5.97 Å². The third-order valence-electron chi connectivity index (χ3n) is 4.14. The number of nitrogens with one attached hydrogen (secondary N) is 1. The molecule has 0 saturated carbocycles. The number of hydrogen-bond donors (Lipinski definition) is 2. The topological polar surface area (TPSA) is 128 Å². The summed E-state index contributed by atoms with van der Waals surface area (Å²) in [4.78, 5) is 24.3. The first-order valence-electron chi connectivity index (χ1n) is 8.10. The molecule has 4 N–H and O–H groups in total. The number of amides is 1. The number of aromatic carboxylic acids is 1. The van der Waals surface area contributed by atoms with Gasteiger partial charge in [0.2, 0.25) is 4.80 Å². The van der Waals surface area contributed by atoms with Crippen LogP contribution in [0, 0.1) is 6.92 Å². The van der Waals surface area contributed by atoms with Crippen LogP contribution >= 0.6 is 11.3 Å². The number of thiazole rings is 1. The fourth-order valence-corrected chi connectivity index (χ4v) is 3.82. The monoisotopic (exact) mass is 396 g/mol. The minimum atomic E-state index is -1.03. The number of hydrogen-bond acceptors (Lipinski definition) is 5. The molecule has 0 unspecified atom stereocenters. The van der Waals surface area contributed by atoms with Gasteiger partial charge < -0.3 is 15.9 Å². The summed E-state index contributed by atoms with van der Waals surface area (Å²) < 4.78 is 1.72.